The molecule has 0 aromatic heterocycles. The predicted octanol–water partition coefficient (Wildman–Crippen LogP) is 0.761. The van der Waals surface area contributed by atoms with Crippen molar-refractivity contribution in [2.24, 2.45) is 0 Å². The number of methoxy groups -OCH3 is 1. The predicted molar refractivity (Wildman–Crippen MR) is 45.9 cm³/mol. The second-order valence-electron chi connectivity index (χ2n) is 2.15. The first-order valence-electron chi connectivity index (χ1n) is 3.77. The summed E-state index contributed by atoms with van der Waals surface area (Å²) in [7, 11) is 2.73. The minimum atomic E-state index is -0.541. The summed E-state index contributed by atoms with van der Waals surface area (Å²) in [6.07, 6.45) is 1.89. The second kappa shape index (κ2) is 6.05. The van der Waals surface area contributed by atoms with Crippen LogP contribution in [0.5, 0.6) is 0 Å². The topological polar surface area (TPSA) is 55.8 Å². The molecule has 0 N–H and O–H groups in total. The first-order chi connectivity index (χ1) is 6.11. The lowest BCUT2D eigenvalue weighted by molar-refractivity contribution is -0.137. The molecule has 0 heterocycles. The van der Waals surface area contributed by atoms with Crippen molar-refractivity contribution in [3.8, 4) is 0 Å². The summed E-state index contributed by atoms with van der Waals surface area (Å²) in [4.78, 5) is 22.7. The highest BCUT2D eigenvalue weighted by molar-refractivity contribution is 5.82. The maximum absolute atomic E-state index is 10.8. The van der Waals surface area contributed by atoms with E-state index < -0.39 is 12.1 Å². The van der Waals surface area contributed by atoms with Gasteiger partial charge in [-0.05, 0) is 6.92 Å². The molecule has 0 saturated heterocycles. The van der Waals surface area contributed by atoms with Crippen LogP contribution < -0.4 is 0 Å². The van der Waals surface area contributed by atoms with E-state index in [2.05, 4.69) is 9.47 Å². The molecule has 0 rings (SSSR count). The molecule has 0 aromatic carbocycles. The van der Waals surface area contributed by atoms with Gasteiger partial charge in [-0.2, -0.15) is 0 Å². The molecule has 0 atom stereocenters. The Morgan fingerprint density at radius 1 is 1.46 bits per heavy atom. The van der Waals surface area contributed by atoms with Gasteiger partial charge in [-0.25, -0.2) is 9.59 Å². The van der Waals surface area contributed by atoms with E-state index >= 15 is 0 Å². The quantitative estimate of drug-likeness (QED) is 0.483. The molecular formula is C8H13NO4. The summed E-state index contributed by atoms with van der Waals surface area (Å²) in [5.74, 6) is -0.488. The molecule has 0 radical (unpaired) electrons. The molecule has 0 fully saturated rings. The van der Waals surface area contributed by atoms with Crippen molar-refractivity contribution in [3.63, 3.8) is 0 Å². The van der Waals surface area contributed by atoms with Crippen molar-refractivity contribution < 1.29 is 19.1 Å². The molecule has 0 aromatic rings. The molecule has 5 nitrogen and oxygen atoms in total. The smallest absolute Gasteiger partial charge is 0.413 e. The number of carbonyl (C=O) groups excluding carboxylic acids is 2. The van der Waals surface area contributed by atoms with Crippen LogP contribution in [0.4, 0.5) is 4.79 Å². The van der Waals surface area contributed by atoms with Gasteiger partial charge in [0.15, 0.2) is 0 Å². The van der Waals surface area contributed by atoms with E-state index in [9.17, 15) is 9.59 Å². The lowest BCUT2D eigenvalue weighted by atomic mass is 10.6. The largest absolute Gasteiger partial charge is 0.463 e. The van der Waals surface area contributed by atoms with E-state index in [1.165, 1.54) is 20.4 Å². The fraction of sp³-hybridized carbons (Fsp3) is 0.500. The standard InChI is InChI=1S/C8H13NO4/c1-4-13-7(10)5-6-9(2)8(11)12-3/h5-6H,4H2,1-3H3/b6-5+. The van der Waals surface area contributed by atoms with Crippen LogP contribution in [-0.4, -0.2) is 37.7 Å². The van der Waals surface area contributed by atoms with Crippen molar-refractivity contribution in [2.75, 3.05) is 20.8 Å². The molecule has 0 saturated carbocycles. The minimum Gasteiger partial charge on any atom is -0.463 e. The molecule has 74 valence electrons. The number of rotatable bonds is 3. The highest BCUT2D eigenvalue weighted by Crippen LogP contribution is 1.90. The summed E-state index contributed by atoms with van der Waals surface area (Å²) in [5.41, 5.74) is 0. The van der Waals surface area contributed by atoms with Crippen LogP contribution in [0.15, 0.2) is 12.3 Å². The van der Waals surface area contributed by atoms with Crippen LogP contribution in [-0.2, 0) is 14.3 Å². The van der Waals surface area contributed by atoms with E-state index in [-0.39, 0.29) is 0 Å². The van der Waals surface area contributed by atoms with Crippen molar-refractivity contribution in [3.05, 3.63) is 12.3 Å². The Balaban J connectivity index is 3.96. The van der Waals surface area contributed by atoms with Crippen molar-refractivity contribution in [1.29, 1.82) is 0 Å². The van der Waals surface area contributed by atoms with Crippen LogP contribution in [0.3, 0.4) is 0 Å². The summed E-state index contributed by atoms with van der Waals surface area (Å²) in [6, 6.07) is 0. The monoisotopic (exact) mass is 187 g/mol. The van der Waals surface area contributed by atoms with Gasteiger partial charge in [0.05, 0.1) is 13.7 Å². The van der Waals surface area contributed by atoms with E-state index in [0.717, 1.165) is 11.0 Å². The van der Waals surface area contributed by atoms with Crippen LogP contribution >= 0.6 is 0 Å². The van der Waals surface area contributed by atoms with Gasteiger partial charge in [-0.1, -0.05) is 0 Å². The van der Waals surface area contributed by atoms with Crippen LogP contribution in [0.25, 0.3) is 0 Å². The van der Waals surface area contributed by atoms with Crippen LogP contribution in [0.1, 0.15) is 6.92 Å². The van der Waals surface area contributed by atoms with Gasteiger partial charge in [0.2, 0.25) is 0 Å². The lowest BCUT2D eigenvalue weighted by Gasteiger charge is -2.08. The molecule has 0 unspecified atom stereocenters. The molecule has 1 amide bonds. The van der Waals surface area contributed by atoms with Crippen LogP contribution in [0, 0.1) is 0 Å². The van der Waals surface area contributed by atoms with Gasteiger partial charge in [-0.15, -0.1) is 0 Å². The molecule has 13 heavy (non-hydrogen) atoms. The van der Waals surface area contributed by atoms with Gasteiger partial charge in [-0.3, -0.25) is 4.90 Å². The Labute approximate surface area is 76.9 Å². The highest BCUT2D eigenvalue weighted by atomic mass is 16.5. The Hall–Kier alpha value is -1.52. The molecule has 0 aliphatic rings. The Morgan fingerprint density at radius 3 is 2.54 bits per heavy atom. The van der Waals surface area contributed by atoms with E-state index in [1.54, 1.807) is 6.92 Å². The maximum Gasteiger partial charge on any atom is 0.413 e. The molecular weight excluding hydrogens is 174 g/mol. The van der Waals surface area contributed by atoms with Gasteiger partial charge in [0.25, 0.3) is 0 Å². The Bertz CT molecular complexity index is 212. The fourth-order valence-corrected chi connectivity index (χ4v) is 0.568. The molecule has 0 aliphatic carbocycles. The molecule has 0 spiro atoms. The summed E-state index contributed by atoms with van der Waals surface area (Å²) < 4.78 is 8.99. The number of esters is 1. The fourth-order valence-electron chi connectivity index (χ4n) is 0.568. The van der Waals surface area contributed by atoms with E-state index in [4.69, 9.17) is 0 Å². The SMILES string of the molecule is CCOC(=O)/C=C/N(C)C(=O)OC. The van der Waals surface area contributed by atoms with Gasteiger partial charge in [0.1, 0.15) is 0 Å². The number of hydrogen-bond acceptors (Lipinski definition) is 4. The third kappa shape index (κ3) is 4.84. The Morgan fingerprint density at radius 2 is 2.08 bits per heavy atom. The van der Waals surface area contributed by atoms with E-state index in [1.807, 2.05) is 0 Å². The average Bonchev–Trinajstić information content (AvgIpc) is 2.13. The molecule has 5 heteroatoms. The van der Waals surface area contributed by atoms with Gasteiger partial charge < -0.3 is 9.47 Å². The lowest BCUT2D eigenvalue weighted by Crippen LogP contribution is -2.20. The molecule has 0 aliphatic heterocycles. The number of ether oxygens (including phenoxy) is 2. The van der Waals surface area contributed by atoms with E-state index in [0.29, 0.717) is 6.61 Å². The van der Waals surface area contributed by atoms with Gasteiger partial charge >= 0.3 is 12.1 Å². The average molecular weight is 187 g/mol. The normalized spacial score (nSPS) is 9.77. The first-order valence-corrected chi connectivity index (χ1v) is 3.77. The number of hydrogen-bond donors (Lipinski definition) is 0. The maximum atomic E-state index is 10.8. The zero-order chi connectivity index (χ0) is 10.3. The number of amides is 1. The highest BCUT2D eigenvalue weighted by Gasteiger charge is 2.03. The summed E-state index contributed by atoms with van der Waals surface area (Å²) >= 11 is 0. The van der Waals surface area contributed by atoms with Crippen molar-refractivity contribution >= 4 is 12.1 Å². The summed E-state index contributed by atoms with van der Waals surface area (Å²) in [5, 5.41) is 0. The van der Waals surface area contributed by atoms with Gasteiger partial charge in [0, 0.05) is 19.3 Å². The minimum absolute atomic E-state index is 0.311. The zero-order valence-corrected chi connectivity index (χ0v) is 7.94. The second-order valence-corrected chi connectivity index (χ2v) is 2.15. The first kappa shape index (κ1) is 11.5. The van der Waals surface area contributed by atoms with Crippen LogP contribution in [0.2, 0.25) is 0 Å². The zero-order valence-electron chi connectivity index (χ0n) is 7.94. The number of nitrogens with zero attached hydrogens (tertiary/aromatic N) is 1. The Kier molecular flexibility index (Phi) is 5.34. The van der Waals surface area contributed by atoms with Crippen molar-refractivity contribution in [1.82, 2.24) is 4.90 Å². The molecule has 0 bridgehead atoms. The third-order valence-corrected chi connectivity index (χ3v) is 1.18. The third-order valence-electron chi connectivity index (χ3n) is 1.18. The summed E-state index contributed by atoms with van der Waals surface area (Å²) in [6.45, 7) is 2.01. The number of carbonyl (C=O) groups is 2. The van der Waals surface area contributed by atoms with Crippen molar-refractivity contribution in [2.45, 2.75) is 6.92 Å².